The zero-order chi connectivity index (χ0) is 56.7. The Hall–Kier alpha value is -8.60. The minimum atomic E-state index is 1.04. The normalized spacial score (nSPS) is 10.9. The molecule has 406 valence electrons. The molecule has 0 fully saturated rings. The fourth-order valence-corrected chi connectivity index (χ4v) is 10.7. The number of rotatable bonds is 12. The van der Waals surface area contributed by atoms with E-state index in [2.05, 4.69) is 269 Å². The zero-order valence-corrected chi connectivity index (χ0v) is 49.2. The summed E-state index contributed by atoms with van der Waals surface area (Å²) in [5.41, 5.74) is 25.2. The highest BCUT2D eigenvalue weighted by Gasteiger charge is 2.08. The highest BCUT2D eigenvalue weighted by atomic mass is 14.7. The lowest BCUT2D eigenvalue weighted by molar-refractivity contribution is 0.923. The molecule has 12 rings (SSSR count). The molecule has 0 unspecified atom stereocenters. The van der Waals surface area contributed by atoms with Gasteiger partial charge >= 0.3 is 0 Å². The molecule has 0 spiro atoms. The van der Waals surface area contributed by atoms with E-state index in [-0.39, 0.29) is 0 Å². The van der Waals surface area contributed by atoms with Crippen molar-refractivity contribution < 1.29 is 0 Å². The van der Waals surface area contributed by atoms with E-state index in [1.807, 2.05) is 6.07 Å². The van der Waals surface area contributed by atoms with E-state index in [0.29, 0.717) is 0 Å². The van der Waals surface area contributed by atoms with Gasteiger partial charge in [-0.2, -0.15) is 0 Å². The molecule has 4 heterocycles. The molecular weight excluding hydrogens is 981 g/mol. The van der Waals surface area contributed by atoms with Crippen molar-refractivity contribution in [1.29, 1.82) is 0 Å². The first-order valence-electron chi connectivity index (χ1n) is 29.3. The first-order valence-corrected chi connectivity index (χ1v) is 29.3. The van der Waals surface area contributed by atoms with Crippen LogP contribution in [-0.4, -0.2) is 19.9 Å². The van der Waals surface area contributed by atoms with E-state index >= 15 is 0 Å². The van der Waals surface area contributed by atoms with Crippen LogP contribution in [0.3, 0.4) is 0 Å². The molecule has 0 aliphatic carbocycles. The number of aryl methyl sites for hydroxylation is 9. The fraction of sp³-hybridized carbons (Fsp3) is 0.221. The van der Waals surface area contributed by atoms with Crippen LogP contribution in [0.15, 0.2) is 212 Å². The Labute approximate surface area is 482 Å². The Morgan fingerprint density at radius 3 is 0.988 bits per heavy atom. The van der Waals surface area contributed by atoms with Crippen molar-refractivity contribution in [3.05, 3.63) is 262 Å². The average Bonchev–Trinajstić information content (AvgIpc) is 3.48. The summed E-state index contributed by atoms with van der Waals surface area (Å²) in [5.74, 6) is 0. The first kappa shape index (κ1) is 57.1. The van der Waals surface area contributed by atoms with Gasteiger partial charge in [0.05, 0.1) is 44.8 Å². The topological polar surface area (TPSA) is 51.6 Å². The monoisotopic (exact) mass is 1060 g/mol. The summed E-state index contributed by atoms with van der Waals surface area (Å²) in [5, 5.41) is 4.86. The molecule has 4 heteroatoms. The van der Waals surface area contributed by atoms with Gasteiger partial charge in [0.15, 0.2) is 0 Å². The molecule has 0 N–H and O–H groups in total. The van der Waals surface area contributed by atoms with Crippen LogP contribution in [-0.2, 0) is 25.7 Å². The minimum absolute atomic E-state index is 1.04. The smallest absolute Gasteiger partial charge is 0.0712 e. The van der Waals surface area contributed by atoms with Crippen LogP contribution in [0.5, 0.6) is 0 Å². The van der Waals surface area contributed by atoms with Gasteiger partial charge in [0.25, 0.3) is 0 Å². The number of nitrogens with zero attached hydrogens (tertiary/aromatic N) is 4. The van der Waals surface area contributed by atoms with Crippen LogP contribution in [0.4, 0.5) is 0 Å². The third kappa shape index (κ3) is 15.4. The van der Waals surface area contributed by atoms with E-state index < -0.39 is 0 Å². The van der Waals surface area contributed by atoms with Crippen molar-refractivity contribution >= 4 is 43.6 Å². The summed E-state index contributed by atoms with van der Waals surface area (Å²) >= 11 is 0. The predicted octanol–water partition coefficient (Wildman–Crippen LogP) is 21.0. The molecule has 0 aliphatic rings. The largest absolute Gasteiger partial charge is 0.248 e. The van der Waals surface area contributed by atoms with Crippen LogP contribution in [0, 0.1) is 34.6 Å². The second kappa shape index (κ2) is 27.5. The van der Waals surface area contributed by atoms with Gasteiger partial charge in [-0.15, -0.1) is 0 Å². The lowest BCUT2D eigenvalue weighted by Crippen LogP contribution is -1.89. The van der Waals surface area contributed by atoms with E-state index in [1.165, 1.54) is 120 Å². The lowest BCUT2D eigenvalue weighted by atomic mass is 10.0. The molecule has 0 aliphatic heterocycles. The Balaban J connectivity index is 0.000000130. The maximum Gasteiger partial charge on any atom is 0.0712 e. The Bertz CT molecular complexity index is 4020. The predicted molar refractivity (Wildman–Crippen MR) is 348 cm³/mol. The number of fused-ring (bicyclic) bond motifs is 4. The molecule has 0 amide bonds. The standard InChI is InChI=1S/2C20H21N.C19H19N.C18H17N/c1-4-5-16-6-8-19-17(13-16)7-9-20(21-19)18-11-14(2)10-15(3)12-18;1-4-5-16-6-7-17-8-9-19(21-20(17)13-16)18-11-14(2)10-15(3)12-18;1-3-5-15-8-9-16-10-11-18(20-19(16)13-15)17-7-4-6-14(2)12-17;1-2-6-14-9-10-16-11-12-17(19-18(16)13-14)15-7-4-3-5-8-15/h2*6-13H,4-5H2,1-3H3;4,6-13H,3,5H2,1-2H3;3-5,7-13H,2,6H2,1H3. The SMILES string of the molecule is CCCc1ccc2ccc(-c3cc(C)cc(C)c3)nc2c1.CCCc1ccc2ccc(-c3cccc(C)c3)nc2c1.CCCc1ccc2ccc(-c3ccccc3)nc2c1.CCCc1ccc2nc(-c3cc(C)cc(C)c3)ccc2c1. The molecule has 0 saturated heterocycles. The van der Waals surface area contributed by atoms with Crippen molar-refractivity contribution in [2.24, 2.45) is 0 Å². The quantitative estimate of drug-likeness (QED) is 0.122. The van der Waals surface area contributed by atoms with Crippen molar-refractivity contribution in [2.45, 2.75) is 114 Å². The van der Waals surface area contributed by atoms with Crippen molar-refractivity contribution in [1.82, 2.24) is 19.9 Å². The van der Waals surface area contributed by atoms with E-state index in [1.54, 1.807) is 0 Å². The number of hydrogen-bond donors (Lipinski definition) is 0. The summed E-state index contributed by atoms with van der Waals surface area (Å²) in [6.07, 6.45) is 9.18. The van der Waals surface area contributed by atoms with Crippen LogP contribution >= 0.6 is 0 Å². The highest BCUT2D eigenvalue weighted by molar-refractivity contribution is 5.85. The summed E-state index contributed by atoms with van der Waals surface area (Å²) in [6, 6.07) is 75.6. The van der Waals surface area contributed by atoms with Crippen molar-refractivity contribution in [2.75, 3.05) is 0 Å². The fourth-order valence-electron chi connectivity index (χ4n) is 10.7. The molecule has 0 radical (unpaired) electrons. The second-order valence-corrected chi connectivity index (χ2v) is 21.9. The van der Waals surface area contributed by atoms with Gasteiger partial charge in [0.1, 0.15) is 0 Å². The van der Waals surface area contributed by atoms with Crippen LogP contribution in [0.1, 0.15) is 103 Å². The van der Waals surface area contributed by atoms with Gasteiger partial charge in [0.2, 0.25) is 0 Å². The molecular formula is C77H78N4. The number of pyridine rings is 4. The molecule has 4 aromatic heterocycles. The van der Waals surface area contributed by atoms with E-state index in [0.717, 1.165) is 70.5 Å². The van der Waals surface area contributed by atoms with Crippen molar-refractivity contribution in [3.8, 4) is 45.0 Å². The maximum absolute atomic E-state index is 4.87. The van der Waals surface area contributed by atoms with Crippen LogP contribution < -0.4 is 0 Å². The van der Waals surface area contributed by atoms with Crippen molar-refractivity contribution in [3.63, 3.8) is 0 Å². The lowest BCUT2D eigenvalue weighted by Gasteiger charge is -2.07. The summed E-state index contributed by atoms with van der Waals surface area (Å²) in [7, 11) is 0. The maximum atomic E-state index is 4.87. The summed E-state index contributed by atoms with van der Waals surface area (Å²) in [4.78, 5) is 19.3. The summed E-state index contributed by atoms with van der Waals surface area (Å²) in [6.45, 7) is 19.5. The molecule has 0 saturated carbocycles. The summed E-state index contributed by atoms with van der Waals surface area (Å²) < 4.78 is 0. The van der Waals surface area contributed by atoms with Gasteiger partial charge < -0.3 is 0 Å². The molecule has 81 heavy (non-hydrogen) atoms. The van der Waals surface area contributed by atoms with Gasteiger partial charge in [-0.05, 0) is 167 Å². The Morgan fingerprint density at radius 2 is 0.568 bits per heavy atom. The zero-order valence-electron chi connectivity index (χ0n) is 49.2. The van der Waals surface area contributed by atoms with Crippen LogP contribution in [0.2, 0.25) is 0 Å². The molecule has 0 atom stereocenters. The van der Waals surface area contributed by atoms with Gasteiger partial charge in [-0.3, -0.25) is 0 Å². The van der Waals surface area contributed by atoms with Crippen LogP contribution in [0.25, 0.3) is 88.6 Å². The van der Waals surface area contributed by atoms with Gasteiger partial charge in [0, 0.05) is 43.8 Å². The third-order valence-electron chi connectivity index (χ3n) is 14.6. The Morgan fingerprint density at radius 1 is 0.235 bits per heavy atom. The molecule has 4 nitrogen and oxygen atoms in total. The molecule has 8 aromatic carbocycles. The van der Waals surface area contributed by atoms with E-state index in [4.69, 9.17) is 19.9 Å². The van der Waals surface area contributed by atoms with E-state index in [9.17, 15) is 0 Å². The number of aromatic nitrogens is 4. The molecule has 12 aromatic rings. The Kier molecular flexibility index (Phi) is 19.4. The second-order valence-electron chi connectivity index (χ2n) is 21.9. The third-order valence-corrected chi connectivity index (χ3v) is 14.6. The highest BCUT2D eigenvalue weighted by Crippen LogP contribution is 2.28. The number of benzene rings is 8. The minimum Gasteiger partial charge on any atom is -0.248 e. The molecule has 0 bridgehead atoms. The number of hydrogen-bond acceptors (Lipinski definition) is 4. The first-order chi connectivity index (χ1) is 39.4. The van der Waals surface area contributed by atoms with Gasteiger partial charge in [-0.25, -0.2) is 19.9 Å². The average molecular weight is 1060 g/mol. The van der Waals surface area contributed by atoms with Gasteiger partial charge in [-0.1, -0.05) is 209 Å².